The van der Waals surface area contributed by atoms with Crippen LogP contribution in [0.3, 0.4) is 0 Å². The third kappa shape index (κ3) is 6.18. The van der Waals surface area contributed by atoms with E-state index in [1.807, 2.05) is 19.9 Å². The number of rotatable bonds is 7. The standard InChI is InChI=1S/C23H37N3O2/c1-4-5-6-18-7-9-19(10-8-18)22(27)26-20-11-13-21(14-12-20)28-23-24-16(2)15-17(3)25-23/h15,18-21H,4-14H2,1-3H3,(H,26,27). The van der Waals surface area contributed by atoms with Crippen LogP contribution >= 0.6 is 0 Å². The second-order valence-electron chi connectivity index (χ2n) is 8.89. The number of hydrogen-bond donors (Lipinski definition) is 1. The summed E-state index contributed by atoms with van der Waals surface area (Å²) >= 11 is 0. The molecule has 156 valence electrons. The fourth-order valence-electron chi connectivity index (χ4n) is 4.75. The van der Waals surface area contributed by atoms with Crippen LogP contribution in [0.15, 0.2) is 6.07 Å². The maximum atomic E-state index is 12.7. The molecule has 1 aromatic heterocycles. The molecule has 3 rings (SSSR count). The smallest absolute Gasteiger partial charge is 0.317 e. The van der Waals surface area contributed by atoms with Gasteiger partial charge in [0, 0.05) is 23.3 Å². The van der Waals surface area contributed by atoms with Crippen molar-refractivity contribution in [3.8, 4) is 6.01 Å². The van der Waals surface area contributed by atoms with E-state index in [1.165, 1.54) is 32.1 Å². The highest BCUT2D eigenvalue weighted by Crippen LogP contribution is 2.32. The zero-order valence-electron chi connectivity index (χ0n) is 17.9. The lowest BCUT2D eigenvalue weighted by atomic mass is 9.79. The molecule has 2 aliphatic carbocycles. The fourth-order valence-corrected chi connectivity index (χ4v) is 4.75. The lowest BCUT2D eigenvalue weighted by molar-refractivity contribution is -0.127. The largest absolute Gasteiger partial charge is 0.460 e. The monoisotopic (exact) mass is 387 g/mol. The molecule has 2 saturated carbocycles. The molecule has 0 aliphatic heterocycles. The Hall–Kier alpha value is -1.65. The van der Waals surface area contributed by atoms with Crippen LogP contribution in [0.1, 0.15) is 88.9 Å². The fraction of sp³-hybridized carbons (Fsp3) is 0.783. The average molecular weight is 388 g/mol. The van der Waals surface area contributed by atoms with Gasteiger partial charge >= 0.3 is 6.01 Å². The van der Waals surface area contributed by atoms with E-state index >= 15 is 0 Å². The van der Waals surface area contributed by atoms with Crippen LogP contribution in [0, 0.1) is 25.7 Å². The Bertz CT molecular complexity index is 612. The summed E-state index contributed by atoms with van der Waals surface area (Å²) in [4.78, 5) is 21.4. The summed E-state index contributed by atoms with van der Waals surface area (Å²) in [5, 5.41) is 3.32. The highest BCUT2D eigenvalue weighted by molar-refractivity contribution is 5.79. The number of aryl methyl sites for hydroxylation is 2. The summed E-state index contributed by atoms with van der Waals surface area (Å²) in [6, 6.07) is 2.74. The molecule has 1 aromatic rings. The van der Waals surface area contributed by atoms with E-state index < -0.39 is 0 Å². The van der Waals surface area contributed by atoms with Crippen LogP contribution in [0.5, 0.6) is 6.01 Å². The molecule has 5 nitrogen and oxygen atoms in total. The van der Waals surface area contributed by atoms with Crippen LogP contribution in [0.2, 0.25) is 0 Å². The lowest BCUT2D eigenvalue weighted by Gasteiger charge is -2.32. The van der Waals surface area contributed by atoms with E-state index in [-0.39, 0.29) is 17.9 Å². The zero-order chi connectivity index (χ0) is 19.9. The molecule has 5 heteroatoms. The van der Waals surface area contributed by atoms with Gasteiger partial charge in [0.25, 0.3) is 0 Å². The van der Waals surface area contributed by atoms with Crippen molar-refractivity contribution in [2.24, 2.45) is 11.8 Å². The maximum Gasteiger partial charge on any atom is 0.317 e. The van der Waals surface area contributed by atoms with Crippen LogP contribution < -0.4 is 10.1 Å². The number of nitrogens with zero attached hydrogens (tertiary/aromatic N) is 2. The summed E-state index contributed by atoms with van der Waals surface area (Å²) in [5.74, 6) is 1.37. The number of carbonyl (C=O) groups is 1. The van der Waals surface area contributed by atoms with E-state index in [0.29, 0.717) is 12.1 Å². The van der Waals surface area contributed by atoms with Gasteiger partial charge < -0.3 is 10.1 Å². The molecule has 0 saturated heterocycles. The third-order valence-corrected chi connectivity index (χ3v) is 6.44. The first-order chi connectivity index (χ1) is 13.5. The van der Waals surface area contributed by atoms with Gasteiger partial charge in [-0.15, -0.1) is 0 Å². The van der Waals surface area contributed by atoms with Gasteiger partial charge in [-0.2, -0.15) is 0 Å². The Morgan fingerprint density at radius 3 is 2.29 bits per heavy atom. The van der Waals surface area contributed by atoms with Crippen molar-refractivity contribution < 1.29 is 9.53 Å². The lowest BCUT2D eigenvalue weighted by Crippen LogP contribution is -2.43. The molecule has 1 N–H and O–H groups in total. The summed E-state index contributed by atoms with van der Waals surface area (Å²) in [5.41, 5.74) is 1.88. The Morgan fingerprint density at radius 1 is 1.04 bits per heavy atom. The van der Waals surface area contributed by atoms with Gasteiger partial charge in [-0.05, 0) is 77.2 Å². The molecule has 2 fully saturated rings. The van der Waals surface area contributed by atoms with Gasteiger partial charge in [-0.25, -0.2) is 9.97 Å². The molecular weight excluding hydrogens is 350 g/mol. The Labute approximate surface area is 170 Å². The van der Waals surface area contributed by atoms with Crippen molar-refractivity contribution >= 4 is 5.91 Å². The van der Waals surface area contributed by atoms with Crippen molar-refractivity contribution in [3.05, 3.63) is 17.5 Å². The number of nitrogens with one attached hydrogen (secondary N) is 1. The molecule has 1 heterocycles. The molecule has 28 heavy (non-hydrogen) atoms. The van der Waals surface area contributed by atoms with Crippen molar-refractivity contribution in [3.63, 3.8) is 0 Å². The number of aromatic nitrogens is 2. The van der Waals surface area contributed by atoms with Crippen LogP contribution in [-0.2, 0) is 4.79 Å². The number of ether oxygens (including phenoxy) is 1. The first kappa shape index (κ1) is 21.1. The normalized spacial score (nSPS) is 28.0. The Kier molecular flexibility index (Phi) is 7.69. The molecule has 0 aromatic carbocycles. The molecule has 0 atom stereocenters. The summed E-state index contributed by atoms with van der Waals surface area (Å²) in [6.45, 7) is 6.18. The van der Waals surface area contributed by atoms with Gasteiger partial charge in [0.15, 0.2) is 0 Å². The molecule has 0 spiro atoms. The van der Waals surface area contributed by atoms with Crippen LogP contribution in [-0.4, -0.2) is 28.0 Å². The highest BCUT2D eigenvalue weighted by atomic mass is 16.5. The predicted molar refractivity (Wildman–Crippen MR) is 111 cm³/mol. The highest BCUT2D eigenvalue weighted by Gasteiger charge is 2.29. The van der Waals surface area contributed by atoms with Gasteiger partial charge in [0.05, 0.1) is 0 Å². The Balaban J connectivity index is 1.38. The third-order valence-electron chi connectivity index (χ3n) is 6.44. The molecule has 1 amide bonds. The van der Waals surface area contributed by atoms with Gasteiger partial charge in [-0.3, -0.25) is 4.79 Å². The summed E-state index contributed by atoms with van der Waals surface area (Å²) in [7, 11) is 0. The number of hydrogen-bond acceptors (Lipinski definition) is 4. The minimum absolute atomic E-state index is 0.156. The van der Waals surface area contributed by atoms with E-state index in [9.17, 15) is 4.79 Å². The van der Waals surface area contributed by atoms with E-state index in [4.69, 9.17) is 4.74 Å². The average Bonchev–Trinajstić information content (AvgIpc) is 2.67. The number of carbonyl (C=O) groups excluding carboxylic acids is 1. The van der Waals surface area contributed by atoms with Crippen LogP contribution in [0.25, 0.3) is 0 Å². The van der Waals surface area contributed by atoms with E-state index in [0.717, 1.165) is 55.8 Å². The van der Waals surface area contributed by atoms with E-state index in [2.05, 4.69) is 22.2 Å². The molecular formula is C23H37N3O2. The van der Waals surface area contributed by atoms with Gasteiger partial charge in [0.1, 0.15) is 6.10 Å². The molecule has 0 bridgehead atoms. The van der Waals surface area contributed by atoms with E-state index in [1.54, 1.807) is 0 Å². The van der Waals surface area contributed by atoms with Crippen molar-refractivity contribution in [1.82, 2.24) is 15.3 Å². The van der Waals surface area contributed by atoms with Crippen LogP contribution in [0.4, 0.5) is 0 Å². The SMILES string of the molecule is CCCCC1CCC(C(=O)NC2CCC(Oc3nc(C)cc(C)n3)CC2)CC1. The summed E-state index contributed by atoms with van der Waals surface area (Å²) in [6.07, 6.45) is 12.6. The number of unbranched alkanes of at least 4 members (excludes halogenated alkanes) is 1. The van der Waals surface area contributed by atoms with Gasteiger partial charge in [-0.1, -0.05) is 26.2 Å². The minimum atomic E-state index is 0.156. The van der Waals surface area contributed by atoms with Crippen molar-refractivity contribution in [2.45, 2.75) is 104 Å². The molecule has 2 aliphatic rings. The second-order valence-corrected chi connectivity index (χ2v) is 8.89. The topological polar surface area (TPSA) is 64.1 Å². The molecule has 0 radical (unpaired) electrons. The Morgan fingerprint density at radius 2 is 1.68 bits per heavy atom. The quantitative estimate of drug-likeness (QED) is 0.723. The number of amides is 1. The minimum Gasteiger partial charge on any atom is -0.460 e. The van der Waals surface area contributed by atoms with Gasteiger partial charge in [0.2, 0.25) is 5.91 Å². The zero-order valence-corrected chi connectivity index (χ0v) is 17.9. The maximum absolute atomic E-state index is 12.7. The molecule has 0 unspecified atom stereocenters. The first-order valence-electron chi connectivity index (χ1n) is 11.3. The first-order valence-corrected chi connectivity index (χ1v) is 11.3. The van der Waals surface area contributed by atoms with Crippen molar-refractivity contribution in [2.75, 3.05) is 0 Å². The summed E-state index contributed by atoms with van der Waals surface area (Å²) < 4.78 is 6.00. The van der Waals surface area contributed by atoms with Crippen molar-refractivity contribution in [1.29, 1.82) is 0 Å². The second kappa shape index (κ2) is 10.2. The predicted octanol–water partition coefficient (Wildman–Crippen LogP) is 4.90.